The normalized spacial score (nSPS) is 10.2. The van der Waals surface area contributed by atoms with E-state index < -0.39 is 4.92 Å². The van der Waals surface area contributed by atoms with Gasteiger partial charge >= 0.3 is 0 Å². The van der Waals surface area contributed by atoms with Gasteiger partial charge in [0, 0.05) is 13.1 Å². The molecule has 0 aliphatic carbocycles. The third-order valence-electron chi connectivity index (χ3n) is 2.68. The van der Waals surface area contributed by atoms with Gasteiger partial charge in [-0.2, -0.15) is 11.3 Å². The minimum absolute atomic E-state index is 0.0361. The molecule has 0 atom stereocenters. The van der Waals surface area contributed by atoms with Crippen LogP contribution >= 0.6 is 11.3 Å². The molecule has 0 radical (unpaired) electrons. The van der Waals surface area contributed by atoms with Gasteiger partial charge in [-0.25, -0.2) is 4.98 Å². The molecule has 0 fully saturated rings. The summed E-state index contributed by atoms with van der Waals surface area (Å²) >= 11 is 1.66. The molecule has 0 aliphatic rings. The van der Waals surface area contributed by atoms with Crippen LogP contribution in [0.4, 0.5) is 17.3 Å². The SMILES string of the molecule is CCNc1cc([N+](=O)[O-])cc(NCCc2ccsc2)n1. The first kappa shape index (κ1) is 14.3. The molecule has 0 spiro atoms. The highest BCUT2D eigenvalue weighted by molar-refractivity contribution is 7.07. The molecular formula is C13H16N4O2S. The summed E-state index contributed by atoms with van der Waals surface area (Å²) in [6.07, 6.45) is 0.865. The molecule has 2 N–H and O–H groups in total. The summed E-state index contributed by atoms with van der Waals surface area (Å²) in [6, 6.07) is 4.96. The molecule has 106 valence electrons. The zero-order valence-electron chi connectivity index (χ0n) is 11.1. The molecule has 7 heteroatoms. The predicted octanol–water partition coefficient (Wildman–Crippen LogP) is 3.14. The molecule has 0 amide bonds. The molecule has 6 nitrogen and oxygen atoms in total. The molecule has 2 rings (SSSR count). The van der Waals surface area contributed by atoms with Crippen molar-refractivity contribution < 1.29 is 4.92 Å². The number of nitrogens with one attached hydrogen (secondary N) is 2. The number of anilines is 2. The standard InChI is InChI=1S/C13H16N4O2S/c1-2-14-12-7-11(17(18)19)8-13(16-12)15-5-3-10-4-6-20-9-10/h4,6-9H,2-3,5H2,1H3,(H2,14,15,16). The largest absolute Gasteiger partial charge is 0.370 e. The average molecular weight is 292 g/mol. The van der Waals surface area contributed by atoms with Crippen molar-refractivity contribution in [1.29, 1.82) is 0 Å². The van der Waals surface area contributed by atoms with Crippen LogP contribution in [0, 0.1) is 10.1 Å². The van der Waals surface area contributed by atoms with E-state index in [1.807, 2.05) is 12.3 Å². The van der Waals surface area contributed by atoms with E-state index in [0.29, 0.717) is 24.7 Å². The van der Waals surface area contributed by atoms with Gasteiger partial charge in [-0.3, -0.25) is 10.1 Å². The molecule has 20 heavy (non-hydrogen) atoms. The van der Waals surface area contributed by atoms with E-state index in [0.717, 1.165) is 6.42 Å². The highest BCUT2D eigenvalue weighted by Gasteiger charge is 2.10. The maximum atomic E-state index is 10.9. The predicted molar refractivity (Wildman–Crippen MR) is 81.6 cm³/mol. The lowest BCUT2D eigenvalue weighted by atomic mass is 10.2. The zero-order valence-corrected chi connectivity index (χ0v) is 11.9. The van der Waals surface area contributed by atoms with E-state index in [2.05, 4.69) is 27.1 Å². The van der Waals surface area contributed by atoms with Crippen molar-refractivity contribution in [3.05, 3.63) is 44.6 Å². The lowest BCUT2D eigenvalue weighted by Gasteiger charge is -2.08. The number of nitro groups is 1. The topological polar surface area (TPSA) is 80.1 Å². The number of rotatable bonds is 7. The van der Waals surface area contributed by atoms with Gasteiger partial charge in [0.25, 0.3) is 5.69 Å². The highest BCUT2D eigenvalue weighted by atomic mass is 32.1. The van der Waals surface area contributed by atoms with E-state index >= 15 is 0 Å². The van der Waals surface area contributed by atoms with Gasteiger partial charge < -0.3 is 10.6 Å². The van der Waals surface area contributed by atoms with E-state index in [1.165, 1.54) is 17.7 Å². The van der Waals surface area contributed by atoms with Crippen molar-refractivity contribution in [3.63, 3.8) is 0 Å². The molecule has 0 saturated heterocycles. The maximum Gasteiger partial charge on any atom is 0.276 e. The number of aromatic nitrogens is 1. The second-order valence-corrected chi connectivity index (χ2v) is 4.97. The van der Waals surface area contributed by atoms with Crippen molar-refractivity contribution in [2.45, 2.75) is 13.3 Å². The lowest BCUT2D eigenvalue weighted by Crippen LogP contribution is -2.08. The summed E-state index contributed by atoms with van der Waals surface area (Å²) < 4.78 is 0. The van der Waals surface area contributed by atoms with Crippen LogP contribution in [-0.4, -0.2) is 23.0 Å². The van der Waals surface area contributed by atoms with Crippen molar-refractivity contribution in [2.24, 2.45) is 0 Å². The average Bonchev–Trinajstić information content (AvgIpc) is 2.92. The maximum absolute atomic E-state index is 10.9. The Kier molecular flexibility index (Phi) is 4.89. The van der Waals surface area contributed by atoms with Gasteiger partial charge in [-0.05, 0) is 35.7 Å². The minimum Gasteiger partial charge on any atom is -0.370 e. The summed E-state index contributed by atoms with van der Waals surface area (Å²) in [6.45, 7) is 3.28. The smallest absolute Gasteiger partial charge is 0.276 e. The van der Waals surface area contributed by atoms with Crippen LogP contribution in [0.25, 0.3) is 0 Å². The first-order valence-corrected chi connectivity index (χ1v) is 7.28. The van der Waals surface area contributed by atoms with Crippen LogP contribution in [0.5, 0.6) is 0 Å². The van der Waals surface area contributed by atoms with Gasteiger partial charge in [0.05, 0.1) is 17.1 Å². The van der Waals surface area contributed by atoms with Gasteiger partial charge in [-0.15, -0.1) is 0 Å². The van der Waals surface area contributed by atoms with Crippen LogP contribution in [0.1, 0.15) is 12.5 Å². The zero-order chi connectivity index (χ0) is 14.4. The lowest BCUT2D eigenvalue weighted by molar-refractivity contribution is -0.384. The Labute approximate surface area is 121 Å². The van der Waals surface area contributed by atoms with Crippen molar-refractivity contribution in [2.75, 3.05) is 23.7 Å². The Morgan fingerprint density at radius 3 is 2.70 bits per heavy atom. The fourth-order valence-electron chi connectivity index (χ4n) is 1.75. The van der Waals surface area contributed by atoms with E-state index in [9.17, 15) is 10.1 Å². The molecular weight excluding hydrogens is 276 g/mol. The van der Waals surface area contributed by atoms with Gasteiger partial charge in [-0.1, -0.05) is 0 Å². The third-order valence-corrected chi connectivity index (χ3v) is 3.41. The Morgan fingerprint density at radius 1 is 1.35 bits per heavy atom. The number of pyridine rings is 1. The van der Waals surface area contributed by atoms with Crippen molar-refractivity contribution in [3.8, 4) is 0 Å². The second kappa shape index (κ2) is 6.85. The number of hydrogen-bond donors (Lipinski definition) is 2. The van der Waals surface area contributed by atoms with E-state index in [1.54, 1.807) is 11.3 Å². The second-order valence-electron chi connectivity index (χ2n) is 4.19. The fourth-order valence-corrected chi connectivity index (χ4v) is 2.46. The van der Waals surface area contributed by atoms with Crippen LogP contribution in [0.3, 0.4) is 0 Å². The summed E-state index contributed by atoms with van der Waals surface area (Å²) in [5.41, 5.74) is 1.29. The van der Waals surface area contributed by atoms with Crippen molar-refractivity contribution in [1.82, 2.24) is 4.98 Å². The van der Waals surface area contributed by atoms with Crippen LogP contribution < -0.4 is 10.6 Å². The Hall–Kier alpha value is -2.15. The molecule has 0 unspecified atom stereocenters. The number of hydrogen-bond acceptors (Lipinski definition) is 6. The Morgan fingerprint density at radius 2 is 2.10 bits per heavy atom. The van der Waals surface area contributed by atoms with Crippen LogP contribution in [0.2, 0.25) is 0 Å². The summed E-state index contributed by atoms with van der Waals surface area (Å²) in [5, 5.41) is 21.1. The Bertz CT molecular complexity index is 572. The molecule has 2 heterocycles. The Balaban J connectivity index is 2.03. The van der Waals surface area contributed by atoms with Crippen LogP contribution in [-0.2, 0) is 6.42 Å². The summed E-state index contributed by atoms with van der Waals surface area (Å²) in [4.78, 5) is 14.8. The molecule has 2 aromatic rings. The van der Waals surface area contributed by atoms with Crippen LogP contribution in [0.15, 0.2) is 29.0 Å². The summed E-state index contributed by atoms with van der Waals surface area (Å²) in [7, 11) is 0. The number of thiophene rings is 1. The molecule has 0 saturated carbocycles. The monoisotopic (exact) mass is 292 g/mol. The first-order chi connectivity index (χ1) is 9.69. The van der Waals surface area contributed by atoms with Gasteiger partial charge in [0.15, 0.2) is 0 Å². The van der Waals surface area contributed by atoms with Gasteiger partial charge in [0.1, 0.15) is 11.6 Å². The molecule has 2 aromatic heterocycles. The quantitative estimate of drug-likeness (QED) is 0.605. The first-order valence-electron chi connectivity index (χ1n) is 6.34. The third kappa shape index (κ3) is 3.92. The molecule has 0 aromatic carbocycles. The summed E-state index contributed by atoms with van der Waals surface area (Å²) in [5.74, 6) is 1.03. The van der Waals surface area contributed by atoms with E-state index in [4.69, 9.17) is 0 Å². The number of nitrogens with zero attached hydrogens (tertiary/aromatic N) is 2. The minimum atomic E-state index is -0.410. The van der Waals surface area contributed by atoms with Crippen molar-refractivity contribution >= 4 is 28.7 Å². The molecule has 0 aliphatic heterocycles. The van der Waals surface area contributed by atoms with Gasteiger partial charge in [0.2, 0.25) is 0 Å². The highest BCUT2D eigenvalue weighted by Crippen LogP contribution is 2.20. The fraction of sp³-hybridized carbons (Fsp3) is 0.308. The molecule has 0 bridgehead atoms. The van der Waals surface area contributed by atoms with E-state index in [-0.39, 0.29) is 5.69 Å².